The van der Waals surface area contributed by atoms with E-state index in [0.29, 0.717) is 12.6 Å². The van der Waals surface area contributed by atoms with Crippen molar-refractivity contribution in [2.75, 3.05) is 6.54 Å². The van der Waals surface area contributed by atoms with Crippen molar-refractivity contribution in [3.63, 3.8) is 0 Å². The van der Waals surface area contributed by atoms with Crippen LogP contribution in [-0.4, -0.2) is 18.5 Å². The number of hydrogen-bond donors (Lipinski definition) is 2. The maximum atomic E-state index is 12.4. The Kier molecular flexibility index (Phi) is 4.43. The van der Waals surface area contributed by atoms with Crippen molar-refractivity contribution in [1.29, 1.82) is 0 Å². The third-order valence-electron chi connectivity index (χ3n) is 4.62. The Labute approximate surface area is 105 Å². The third kappa shape index (κ3) is 3.01. The minimum Gasteiger partial charge on any atom is -0.353 e. The van der Waals surface area contributed by atoms with Gasteiger partial charge in [0, 0.05) is 12.6 Å². The SMILES string of the molecule is NCC1(C(=O)NC2CCCCCC2)CCCC1. The highest BCUT2D eigenvalue weighted by atomic mass is 16.2. The largest absolute Gasteiger partial charge is 0.353 e. The normalized spacial score (nSPS) is 25.5. The first-order chi connectivity index (χ1) is 8.27. The molecule has 98 valence electrons. The molecule has 0 radical (unpaired) electrons. The topological polar surface area (TPSA) is 55.1 Å². The summed E-state index contributed by atoms with van der Waals surface area (Å²) in [5, 5.41) is 3.27. The van der Waals surface area contributed by atoms with Crippen LogP contribution in [0.25, 0.3) is 0 Å². The quantitative estimate of drug-likeness (QED) is 0.742. The van der Waals surface area contributed by atoms with E-state index in [2.05, 4.69) is 5.32 Å². The molecular weight excluding hydrogens is 212 g/mol. The van der Waals surface area contributed by atoms with Gasteiger partial charge in [-0.05, 0) is 25.7 Å². The van der Waals surface area contributed by atoms with Gasteiger partial charge in [0.2, 0.25) is 5.91 Å². The molecule has 0 unspecified atom stereocenters. The standard InChI is InChI=1S/C14H26N2O/c15-11-14(9-5-6-10-14)13(17)16-12-7-3-1-2-4-8-12/h12H,1-11,15H2,(H,16,17). The monoisotopic (exact) mass is 238 g/mol. The molecule has 2 saturated carbocycles. The zero-order chi connectivity index (χ0) is 12.1. The van der Waals surface area contributed by atoms with Crippen LogP contribution in [0.5, 0.6) is 0 Å². The molecule has 2 fully saturated rings. The number of nitrogens with one attached hydrogen (secondary N) is 1. The molecule has 2 rings (SSSR count). The lowest BCUT2D eigenvalue weighted by molar-refractivity contribution is -0.131. The third-order valence-corrected chi connectivity index (χ3v) is 4.62. The molecule has 0 saturated heterocycles. The van der Waals surface area contributed by atoms with Gasteiger partial charge in [-0.3, -0.25) is 4.79 Å². The second-order valence-electron chi connectivity index (χ2n) is 5.85. The van der Waals surface area contributed by atoms with E-state index < -0.39 is 0 Å². The maximum Gasteiger partial charge on any atom is 0.227 e. The van der Waals surface area contributed by atoms with Gasteiger partial charge in [-0.25, -0.2) is 0 Å². The van der Waals surface area contributed by atoms with E-state index in [4.69, 9.17) is 5.73 Å². The smallest absolute Gasteiger partial charge is 0.227 e. The van der Waals surface area contributed by atoms with E-state index in [9.17, 15) is 4.79 Å². The molecule has 1 amide bonds. The highest BCUT2D eigenvalue weighted by Gasteiger charge is 2.40. The average Bonchev–Trinajstić information content (AvgIpc) is 2.70. The molecule has 0 atom stereocenters. The predicted molar refractivity (Wildman–Crippen MR) is 69.6 cm³/mol. The number of rotatable bonds is 3. The van der Waals surface area contributed by atoms with Crippen molar-refractivity contribution in [1.82, 2.24) is 5.32 Å². The summed E-state index contributed by atoms with van der Waals surface area (Å²) in [5.41, 5.74) is 5.62. The van der Waals surface area contributed by atoms with Crippen LogP contribution in [0.4, 0.5) is 0 Å². The molecule has 0 aromatic carbocycles. The molecule has 0 aliphatic heterocycles. The predicted octanol–water partition coefficient (Wildman–Crippen LogP) is 2.34. The molecule has 0 aromatic heterocycles. The lowest BCUT2D eigenvalue weighted by atomic mass is 9.85. The van der Waals surface area contributed by atoms with Crippen molar-refractivity contribution in [3.8, 4) is 0 Å². The van der Waals surface area contributed by atoms with E-state index in [1.165, 1.54) is 25.7 Å². The summed E-state index contributed by atoms with van der Waals surface area (Å²) in [6.45, 7) is 0.519. The summed E-state index contributed by atoms with van der Waals surface area (Å²) in [5.74, 6) is 0.240. The van der Waals surface area contributed by atoms with E-state index in [0.717, 1.165) is 38.5 Å². The fourth-order valence-corrected chi connectivity index (χ4v) is 3.34. The van der Waals surface area contributed by atoms with Crippen LogP contribution < -0.4 is 11.1 Å². The molecule has 0 heterocycles. The van der Waals surface area contributed by atoms with Crippen LogP contribution in [0.2, 0.25) is 0 Å². The van der Waals surface area contributed by atoms with E-state index in [1.54, 1.807) is 0 Å². The summed E-state index contributed by atoms with van der Waals surface area (Å²) >= 11 is 0. The first kappa shape index (κ1) is 12.9. The Morgan fingerprint density at radius 2 is 1.65 bits per heavy atom. The van der Waals surface area contributed by atoms with Crippen LogP contribution in [-0.2, 0) is 4.79 Å². The van der Waals surface area contributed by atoms with Crippen molar-refractivity contribution >= 4 is 5.91 Å². The van der Waals surface area contributed by atoms with Crippen LogP contribution in [0.1, 0.15) is 64.2 Å². The fourth-order valence-electron chi connectivity index (χ4n) is 3.34. The zero-order valence-electron chi connectivity index (χ0n) is 10.8. The second-order valence-corrected chi connectivity index (χ2v) is 5.85. The molecular formula is C14H26N2O. The van der Waals surface area contributed by atoms with Gasteiger partial charge in [0.1, 0.15) is 0 Å². The van der Waals surface area contributed by atoms with Crippen LogP contribution >= 0.6 is 0 Å². The molecule has 2 aliphatic rings. The Hall–Kier alpha value is -0.570. The first-order valence-electron chi connectivity index (χ1n) is 7.28. The Balaban J connectivity index is 1.90. The summed E-state index contributed by atoms with van der Waals surface area (Å²) in [6, 6.07) is 0.411. The summed E-state index contributed by atoms with van der Waals surface area (Å²) in [6.07, 6.45) is 11.8. The van der Waals surface area contributed by atoms with Gasteiger partial charge in [0.25, 0.3) is 0 Å². The second kappa shape index (κ2) is 5.85. The van der Waals surface area contributed by atoms with Gasteiger partial charge in [-0.15, -0.1) is 0 Å². The number of carbonyl (C=O) groups is 1. The molecule has 0 bridgehead atoms. The van der Waals surface area contributed by atoms with Crippen LogP contribution in [0.15, 0.2) is 0 Å². The van der Waals surface area contributed by atoms with Gasteiger partial charge >= 0.3 is 0 Å². The lowest BCUT2D eigenvalue weighted by Gasteiger charge is -2.28. The van der Waals surface area contributed by atoms with Gasteiger partial charge in [0.15, 0.2) is 0 Å². The van der Waals surface area contributed by atoms with E-state index in [1.807, 2.05) is 0 Å². The number of amides is 1. The fraction of sp³-hybridized carbons (Fsp3) is 0.929. The molecule has 3 heteroatoms. The van der Waals surface area contributed by atoms with Gasteiger partial charge in [-0.2, -0.15) is 0 Å². The van der Waals surface area contributed by atoms with Crippen LogP contribution in [0, 0.1) is 5.41 Å². The summed E-state index contributed by atoms with van der Waals surface area (Å²) < 4.78 is 0. The zero-order valence-corrected chi connectivity index (χ0v) is 10.8. The molecule has 3 N–H and O–H groups in total. The van der Waals surface area contributed by atoms with Gasteiger partial charge in [0.05, 0.1) is 5.41 Å². The minimum atomic E-state index is -0.230. The maximum absolute atomic E-state index is 12.4. The van der Waals surface area contributed by atoms with Gasteiger partial charge in [-0.1, -0.05) is 38.5 Å². The molecule has 3 nitrogen and oxygen atoms in total. The Morgan fingerprint density at radius 3 is 2.18 bits per heavy atom. The molecule has 2 aliphatic carbocycles. The van der Waals surface area contributed by atoms with Crippen molar-refractivity contribution in [3.05, 3.63) is 0 Å². The summed E-state index contributed by atoms with van der Waals surface area (Å²) in [7, 11) is 0. The minimum absolute atomic E-state index is 0.230. The molecule has 17 heavy (non-hydrogen) atoms. The highest BCUT2D eigenvalue weighted by Crippen LogP contribution is 2.37. The van der Waals surface area contributed by atoms with Crippen LogP contribution in [0.3, 0.4) is 0 Å². The highest BCUT2D eigenvalue weighted by molar-refractivity contribution is 5.83. The Morgan fingerprint density at radius 1 is 1.06 bits per heavy atom. The van der Waals surface area contributed by atoms with E-state index >= 15 is 0 Å². The van der Waals surface area contributed by atoms with Crippen molar-refractivity contribution < 1.29 is 4.79 Å². The average molecular weight is 238 g/mol. The molecule has 0 spiro atoms. The summed E-state index contributed by atoms with van der Waals surface area (Å²) in [4.78, 5) is 12.4. The lowest BCUT2D eigenvalue weighted by Crippen LogP contribution is -2.47. The number of carbonyl (C=O) groups excluding carboxylic acids is 1. The van der Waals surface area contributed by atoms with Crippen molar-refractivity contribution in [2.45, 2.75) is 70.3 Å². The first-order valence-corrected chi connectivity index (χ1v) is 7.28. The van der Waals surface area contributed by atoms with E-state index in [-0.39, 0.29) is 11.3 Å². The number of hydrogen-bond acceptors (Lipinski definition) is 2. The van der Waals surface area contributed by atoms with Gasteiger partial charge < -0.3 is 11.1 Å². The number of nitrogens with two attached hydrogens (primary N) is 1. The van der Waals surface area contributed by atoms with Crippen molar-refractivity contribution in [2.24, 2.45) is 11.1 Å². The Bertz CT molecular complexity index is 251. The molecule has 0 aromatic rings.